The van der Waals surface area contributed by atoms with Gasteiger partial charge in [0.2, 0.25) is 9.84 Å². The van der Waals surface area contributed by atoms with Gasteiger partial charge in [-0.2, -0.15) is 5.26 Å². The number of benzene rings is 6. The van der Waals surface area contributed by atoms with E-state index in [0.717, 1.165) is 44.2 Å². The van der Waals surface area contributed by atoms with E-state index in [0.29, 0.717) is 5.56 Å². The average molecular weight is 574 g/mol. The van der Waals surface area contributed by atoms with Crippen LogP contribution in [-0.4, -0.2) is 17.6 Å². The summed E-state index contributed by atoms with van der Waals surface area (Å²) in [5.41, 5.74) is 6.77. The number of nitrogens with zero attached hydrogens (tertiary/aromatic N) is 3. The average Bonchev–Trinajstić information content (AvgIpc) is 3.58. The number of rotatable bonds is 4. The zero-order chi connectivity index (χ0) is 29.1. The van der Waals surface area contributed by atoms with Crippen molar-refractivity contribution in [2.24, 2.45) is 0 Å². The van der Waals surface area contributed by atoms with Gasteiger partial charge in [0.05, 0.1) is 43.5 Å². The predicted octanol–water partition coefficient (Wildman–Crippen LogP) is 8.59. The summed E-state index contributed by atoms with van der Waals surface area (Å²) in [4.78, 5) is 0.364. The predicted molar refractivity (Wildman–Crippen MR) is 172 cm³/mol. The highest BCUT2D eigenvalue weighted by atomic mass is 32.2. The molecule has 0 fully saturated rings. The Kier molecular flexibility index (Phi) is 5.52. The largest absolute Gasteiger partial charge is 0.309 e. The van der Waals surface area contributed by atoms with E-state index >= 15 is 0 Å². The molecule has 6 aromatic carbocycles. The van der Waals surface area contributed by atoms with Crippen LogP contribution in [-0.2, 0) is 9.84 Å². The Labute approximate surface area is 248 Å². The van der Waals surface area contributed by atoms with E-state index in [1.165, 1.54) is 35.0 Å². The zero-order valence-corrected chi connectivity index (χ0v) is 23.7. The number of nitriles is 1. The van der Waals surface area contributed by atoms with Crippen LogP contribution in [0.2, 0.25) is 0 Å². The fraction of sp³-hybridized carbons (Fsp3) is 0. The SMILES string of the molecule is N#Cc1ccc(S(=O)(=O)c2ccc(-n3c4ccccc4c4c5c6ccccc6n(-c6ccccc6)c5ccc43)cc2)cc1. The topological polar surface area (TPSA) is 67.8 Å². The smallest absolute Gasteiger partial charge is 0.206 e. The molecule has 0 spiro atoms. The first-order valence-corrected chi connectivity index (χ1v) is 15.4. The van der Waals surface area contributed by atoms with Crippen molar-refractivity contribution in [3.8, 4) is 17.4 Å². The molecule has 8 aromatic rings. The van der Waals surface area contributed by atoms with Crippen molar-refractivity contribution in [3.63, 3.8) is 0 Å². The number of para-hydroxylation sites is 3. The van der Waals surface area contributed by atoms with Crippen molar-refractivity contribution < 1.29 is 8.42 Å². The molecule has 0 amide bonds. The fourth-order valence-corrected chi connectivity index (χ4v) is 7.53. The summed E-state index contributed by atoms with van der Waals surface area (Å²) >= 11 is 0. The minimum absolute atomic E-state index is 0.160. The Hall–Kier alpha value is -5.64. The summed E-state index contributed by atoms with van der Waals surface area (Å²) in [7, 11) is -3.73. The quantitative estimate of drug-likeness (QED) is 0.212. The molecule has 0 aliphatic heterocycles. The lowest BCUT2D eigenvalue weighted by atomic mass is 10.1. The Morgan fingerprint density at radius 1 is 0.465 bits per heavy atom. The fourth-order valence-electron chi connectivity index (χ4n) is 6.27. The first-order valence-electron chi connectivity index (χ1n) is 13.9. The van der Waals surface area contributed by atoms with Crippen LogP contribution in [0.1, 0.15) is 5.56 Å². The molecule has 0 unspecified atom stereocenters. The van der Waals surface area contributed by atoms with Gasteiger partial charge in [0.25, 0.3) is 0 Å². The highest BCUT2D eigenvalue weighted by Crippen LogP contribution is 2.42. The maximum absolute atomic E-state index is 13.4. The van der Waals surface area contributed by atoms with E-state index < -0.39 is 9.84 Å². The van der Waals surface area contributed by atoms with E-state index in [1.54, 1.807) is 12.1 Å². The number of hydrogen-bond donors (Lipinski definition) is 0. The summed E-state index contributed by atoms with van der Waals surface area (Å²) in [5, 5.41) is 13.7. The molecule has 43 heavy (non-hydrogen) atoms. The molecule has 0 aliphatic rings. The van der Waals surface area contributed by atoms with Gasteiger partial charge in [-0.25, -0.2) is 8.42 Å². The van der Waals surface area contributed by atoms with Gasteiger partial charge in [0, 0.05) is 32.9 Å². The van der Waals surface area contributed by atoms with Gasteiger partial charge in [0.15, 0.2) is 0 Å². The van der Waals surface area contributed by atoms with Crippen LogP contribution in [0.3, 0.4) is 0 Å². The molecule has 2 aromatic heterocycles. The zero-order valence-electron chi connectivity index (χ0n) is 22.8. The van der Waals surface area contributed by atoms with Crippen LogP contribution in [0.25, 0.3) is 55.0 Å². The lowest BCUT2D eigenvalue weighted by Crippen LogP contribution is -2.03. The first kappa shape index (κ1) is 25.1. The lowest BCUT2D eigenvalue weighted by Gasteiger charge is -2.10. The lowest BCUT2D eigenvalue weighted by molar-refractivity contribution is 0.596. The van der Waals surface area contributed by atoms with Crippen LogP contribution < -0.4 is 0 Å². The Balaban J connectivity index is 1.37. The highest BCUT2D eigenvalue weighted by molar-refractivity contribution is 7.91. The third kappa shape index (κ3) is 3.72. The maximum Gasteiger partial charge on any atom is 0.206 e. The summed E-state index contributed by atoms with van der Waals surface area (Å²) in [6.07, 6.45) is 0. The molecule has 0 saturated carbocycles. The van der Waals surface area contributed by atoms with Crippen LogP contribution in [0.5, 0.6) is 0 Å². The molecule has 0 atom stereocenters. The van der Waals surface area contributed by atoms with Crippen molar-refractivity contribution in [2.75, 3.05) is 0 Å². The van der Waals surface area contributed by atoms with Crippen LogP contribution >= 0.6 is 0 Å². The molecule has 6 heteroatoms. The molecule has 2 heterocycles. The summed E-state index contributed by atoms with van der Waals surface area (Å²) < 4.78 is 31.2. The van der Waals surface area contributed by atoms with Crippen molar-refractivity contribution in [2.45, 2.75) is 9.79 Å². The van der Waals surface area contributed by atoms with Gasteiger partial charge in [0.1, 0.15) is 0 Å². The molecular formula is C37H23N3O2S. The third-order valence-corrected chi connectivity index (χ3v) is 9.97. The van der Waals surface area contributed by atoms with Crippen molar-refractivity contribution >= 4 is 53.4 Å². The van der Waals surface area contributed by atoms with Crippen LogP contribution in [0, 0.1) is 11.3 Å². The minimum Gasteiger partial charge on any atom is -0.309 e. The first-order chi connectivity index (χ1) is 21.1. The number of hydrogen-bond acceptors (Lipinski definition) is 3. The van der Waals surface area contributed by atoms with Gasteiger partial charge in [-0.05, 0) is 84.9 Å². The monoisotopic (exact) mass is 573 g/mol. The molecule has 8 rings (SSSR count). The van der Waals surface area contributed by atoms with E-state index in [9.17, 15) is 8.42 Å². The molecule has 0 aliphatic carbocycles. The summed E-state index contributed by atoms with van der Waals surface area (Å²) in [5.74, 6) is 0. The molecule has 5 nitrogen and oxygen atoms in total. The maximum atomic E-state index is 13.4. The molecule has 204 valence electrons. The number of fused-ring (bicyclic) bond motifs is 7. The Bertz CT molecular complexity index is 2500. The van der Waals surface area contributed by atoms with Crippen molar-refractivity contribution in [3.05, 3.63) is 145 Å². The minimum atomic E-state index is -3.73. The van der Waals surface area contributed by atoms with Crippen molar-refractivity contribution in [1.82, 2.24) is 9.13 Å². The molecule has 0 N–H and O–H groups in total. The molecular weight excluding hydrogens is 550 g/mol. The second-order valence-corrected chi connectivity index (χ2v) is 12.5. The Morgan fingerprint density at radius 3 is 1.42 bits per heavy atom. The van der Waals surface area contributed by atoms with Gasteiger partial charge in [-0.3, -0.25) is 0 Å². The third-order valence-electron chi connectivity index (χ3n) is 8.19. The van der Waals surface area contributed by atoms with Gasteiger partial charge in [-0.1, -0.05) is 54.6 Å². The van der Waals surface area contributed by atoms with Crippen LogP contribution in [0.15, 0.2) is 149 Å². The highest BCUT2D eigenvalue weighted by Gasteiger charge is 2.21. The number of sulfone groups is 1. The van der Waals surface area contributed by atoms with E-state index in [4.69, 9.17) is 5.26 Å². The molecule has 0 bridgehead atoms. The molecule has 0 radical (unpaired) electrons. The summed E-state index contributed by atoms with van der Waals surface area (Å²) in [6, 6.07) is 46.7. The van der Waals surface area contributed by atoms with E-state index in [-0.39, 0.29) is 9.79 Å². The van der Waals surface area contributed by atoms with Crippen LogP contribution in [0.4, 0.5) is 0 Å². The molecule has 0 saturated heterocycles. The standard InChI is InChI=1S/C37H23N3O2S/c38-24-25-14-18-28(19-15-25)43(41,42)29-20-16-27(17-21-29)40-33-13-7-5-11-31(33)37-35(40)23-22-34-36(37)30-10-4-6-12-32(30)39(34)26-8-2-1-3-9-26/h1-23H. The van der Waals surface area contributed by atoms with E-state index in [2.05, 4.69) is 88.0 Å². The van der Waals surface area contributed by atoms with E-state index in [1.807, 2.05) is 30.3 Å². The van der Waals surface area contributed by atoms with Gasteiger partial charge in [-0.15, -0.1) is 0 Å². The summed E-state index contributed by atoms with van der Waals surface area (Å²) in [6.45, 7) is 0. The van der Waals surface area contributed by atoms with Crippen molar-refractivity contribution in [1.29, 1.82) is 5.26 Å². The second-order valence-electron chi connectivity index (χ2n) is 10.5. The second kappa shape index (κ2) is 9.45. The Morgan fingerprint density at radius 2 is 0.907 bits per heavy atom. The van der Waals surface area contributed by atoms with Gasteiger partial charge >= 0.3 is 0 Å². The number of aromatic nitrogens is 2. The van der Waals surface area contributed by atoms with Gasteiger partial charge < -0.3 is 9.13 Å². The normalized spacial score (nSPS) is 11.9.